The zero-order valence-corrected chi connectivity index (χ0v) is 5.54. The first-order chi connectivity index (χ1) is 1.73. The molecule has 0 spiro atoms. The third kappa shape index (κ3) is 12.8. The molecule has 4 heavy (non-hydrogen) atoms. The van der Waals surface area contributed by atoms with Crippen LogP contribution in [0.25, 0.3) is 0 Å². The minimum absolute atomic E-state index is 0.257. The van der Waals surface area contributed by atoms with E-state index in [-0.39, 0.29) is 4.07 Å². The first-order valence-corrected chi connectivity index (χ1v) is 2.87. The van der Waals surface area contributed by atoms with Crippen LogP contribution in [0, 0.1) is 0 Å². The Balaban J connectivity index is 2.32. The molecular formula is CHBrSi2. The summed E-state index contributed by atoms with van der Waals surface area (Å²) < 4.78 is 0.257. The number of hydrogen-bond acceptors (Lipinski definition) is 0. The smallest absolute Gasteiger partial charge is 0.0369 e. The van der Waals surface area contributed by atoms with Crippen molar-refractivity contribution in [1.82, 2.24) is 0 Å². The number of rotatable bonds is 0. The largest absolute Gasteiger partial charge is 0.0976 e. The predicted octanol–water partition coefficient (Wildman–Crippen LogP) is 0.00190. The monoisotopic (exact) mass is 148 g/mol. The summed E-state index contributed by atoms with van der Waals surface area (Å²) >= 11 is 3.10. The third-order valence-electron chi connectivity index (χ3n) is 0. The molecule has 0 fully saturated rings. The summed E-state index contributed by atoms with van der Waals surface area (Å²) in [6, 6.07) is 0. The Morgan fingerprint density at radius 1 is 1.50 bits per heavy atom. The van der Waals surface area contributed by atoms with Gasteiger partial charge in [0.25, 0.3) is 0 Å². The molecule has 0 rings (SSSR count). The molecule has 0 aliphatic rings. The molecule has 0 bridgehead atoms. The van der Waals surface area contributed by atoms with E-state index in [1.165, 1.54) is 0 Å². The summed E-state index contributed by atoms with van der Waals surface area (Å²) in [5.41, 5.74) is 0. The van der Waals surface area contributed by atoms with Crippen molar-refractivity contribution in [2.45, 2.75) is 4.07 Å². The van der Waals surface area contributed by atoms with Gasteiger partial charge in [0.15, 0.2) is 0 Å². The molecule has 0 N–H and O–H groups in total. The molecule has 0 saturated heterocycles. The molecule has 20 valence electrons. The van der Waals surface area contributed by atoms with E-state index in [0.29, 0.717) is 0 Å². The normalized spacial score (nSPS) is 9.00. The maximum absolute atomic E-state index is 3.14. The Kier molecular flexibility index (Phi) is 2.66. The highest BCUT2D eigenvalue weighted by molar-refractivity contribution is 9.10. The molecule has 3 heteroatoms. The number of alkyl halides is 1. The Labute approximate surface area is 40.9 Å². The van der Waals surface area contributed by atoms with Crippen LogP contribution in [0.5, 0.6) is 0 Å². The summed E-state index contributed by atoms with van der Waals surface area (Å²) in [6.45, 7) is 0. The van der Waals surface area contributed by atoms with Gasteiger partial charge in [0.05, 0.1) is 0 Å². The quantitative estimate of drug-likeness (QED) is 0.336. The van der Waals surface area contributed by atoms with Gasteiger partial charge in [0.1, 0.15) is 0 Å². The molecule has 0 heterocycles. The summed E-state index contributed by atoms with van der Waals surface area (Å²) in [5, 5.41) is 0. The predicted molar refractivity (Wildman–Crippen MR) is 24.2 cm³/mol. The molecule has 6 radical (unpaired) electrons. The Morgan fingerprint density at radius 2 is 1.50 bits per heavy atom. The highest BCUT2D eigenvalue weighted by atomic mass is 79.9. The van der Waals surface area contributed by atoms with Crippen molar-refractivity contribution >= 4 is 36.4 Å². The van der Waals surface area contributed by atoms with Gasteiger partial charge < -0.3 is 0 Å². The van der Waals surface area contributed by atoms with E-state index in [2.05, 4.69) is 36.4 Å². The van der Waals surface area contributed by atoms with Gasteiger partial charge in [0.2, 0.25) is 0 Å². The second-order valence-corrected chi connectivity index (χ2v) is 4.70. The van der Waals surface area contributed by atoms with Gasteiger partial charge in [-0.2, -0.15) is 0 Å². The van der Waals surface area contributed by atoms with Crippen LogP contribution < -0.4 is 0 Å². The molecule has 0 aromatic carbocycles. The van der Waals surface area contributed by atoms with Crippen LogP contribution in [-0.4, -0.2) is 24.6 Å². The molecule has 0 saturated carbocycles. The SMILES string of the molecule is [Si]C([Si])Br. The summed E-state index contributed by atoms with van der Waals surface area (Å²) in [7, 11) is 6.28. The van der Waals surface area contributed by atoms with E-state index in [9.17, 15) is 0 Å². The maximum Gasteiger partial charge on any atom is 0.0369 e. The first-order valence-electron chi connectivity index (χ1n) is 0.796. The van der Waals surface area contributed by atoms with E-state index in [1.54, 1.807) is 0 Å². The fourth-order valence-corrected chi connectivity index (χ4v) is 0. The van der Waals surface area contributed by atoms with Crippen LogP contribution >= 0.6 is 15.9 Å². The first kappa shape index (κ1) is 4.91. The zero-order chi connectivity index (χ0) is 3.58. The highest BCUT2D eigenvalue weighted by Crippen LogP contribution is 1.79. The lowest BCUT2D eigenvalue weighted by Gasteiger charge is -1.74. The van der Waals surface area contributed by atoms with Gasteiger partial charge in [-0.3, -0.25) is 0 Å². The molecule has 0 amide bonds. The third-order valence-corrected chi connectivity index (χ3v) is 0. The van der Waals surface area contributed by atoms with Gasteiger partial charge in [-0.1, -0.05) is 15.9 Å². The van der Waals surface area contributed by atoms with Crippen molar-refractivity contribution in [2.75, 3.05) is 0 Å². The van der Waals surface area contributed by atoms with Crippen LogP contribution in [0.15, 0.2) is 0 Å². The van der Waals surface area contributed by atoms with Crippen molar-refractivity contribution in [2.24, 2.45) is 0 Å². The summed E-state index contributed by atoms with van der Waals surface area (Å²) in [4.78, 5) is 0. The Morgan fingerprint density at radius 3 is 1.50 bits per heavy atom. The Hall–Kier alpha value is 0.914. The van der Waals surface area contributed by atoms with E-state index in [4.69, 9.17) is 0 Å². The van der Waals surface area contributed by atoms with Crippen molar-refractivity contribution in [1.29, 1.82) is 0 Å². The minimum Gasteiger partial charge on any atom is -0.0976 e. The van der Waals surface area contributed by atoms with Crippen molar-refractivity contribution in [3.63, 3.8) is 0 Å². The molecule has 0 nitrogen and oxygen atoms in total. The van der Waals surface area contributed by atoms with Crippen LogP contribution in [0.3, 0.4) is 0 Å². The van der Waals surface area contributed by atoms with Gasteiger partial charge in [-0.05, 0) is 4.07 Å². The van der Waals surface area contributed by atoms with Crippen molar-refractivity contribution in [3.05, 3.63) is 0 Å². The molecule has 0 aliphatic heterocycles. The zero-order valence-electron chi connectivity index (χ0n) is 1.96. The van der Waals surface area contributed by atoms with E-state index in [1.807, 2.05) is 0 Å². The fraction of sp³-hybridized carbons (Fsp3) is 1.00. The van der Waals surface area contributed by atoms with E-state index < -0.39 is 0 Å². The standard InChI is InChI=1S/CHBrSi2/c2-1(3)4/h1H. The van der Waals surface area contributed by atoms with Gasteiger partial charge in [0, 0.05) is 20.5 Å². The van der Waals surface area contributed by atoms with Crippen LogP contribution in [-0.2, 0) is 0 Å². The van der Waals surface area contributed by atoms with Crippen molar-refractivity contribution in [3.8, 4) is 0 Å². The lowest BCUT2D eigenvalue weighted by molar-refractivity contribution is 2.05. The molecule has 0 aromatic heterocycles. The van der Waals surface area contributed by atoms with Crippen molar-refractivity contribution < 1.29 is 0 Å². The summed E-state index contributed by atoms with van der Waals surface area (Å²) in [6.07, 6.45) is 0. The molecule has 0 aliphatic carbocycles. The molecular weight excluding hydrogens is 148 g/mol. The lowest BCUT2D eigenvalue weighted by atomic mass is 11.9. The highest BCUT2D eigenvalue weighted by Gasteiger charge is 1.73. The minimum atomic E-state index is 0.257. The summed E-state index contributed by atoms with van der Waals surface area (Å²) in [5.74, 6) is 0. The lowest BCUT2D eigenvalue weighted by Crippen LogP contribution is -1.89. The fourth-order valence-electron chi connectivity index (χ4n) is 0. The van der Waals surface area contributed by atoms with Crippen LogP contribution in [0.1, 0.15) is 0 Å². The molecule has 0 aromatic rings. The van der Waals surface area contributed by atoms with E-state index in [0.717, 1.165) is 0 Å². The van der Waals surface area contributed by atoms with E-state index >= 15 is 0 Å². The second-order valence-electron chi connectivity index (χ2n) is 0.363. The average molecular weight is 149 g/mol. The van der Waals surface area contributed by atoms with Crippen LogP contribution in [0.4, 0.5) is 0 Å². The topological polar surface area (TPSA) is 0 Å². The van der Waals surface area contributed by atoms with Gasteiger partial charge >= 0.3 is 0 Å². The van der Waals surface area contributed by atoms with Gasteiger partial charge in [-0.15, -0.1) is 0 Å². The van der Waals surface area contributed by atoms with Gasteiger partial charge in [-0.25, -0.2) is 0 Å². The molecule has 0 unspecified atom stereocenters. The Bertz CT molecular complexity index is 10.8. The van der Waals surface area contributed by atoms with Crippen LogP contribution in [0.2, 0.25) is 0 Å². The second kappa shape index (κ2) is 2.17. The number of hydrogen-bond donors (Lipinski definition) is 0. The molecule has 0 atom stereocenters. The number of halogens is 1. The average Bonchev–Trinajstić information content (AvgIpc) is 0.811. The maximum atomic E-state index is 3.14.